The molecule has 5 rings (SSSR count). The highest BCUT2D eigenvalue weighted by Gasteiger charge is 2.30. The van der Waals surface area contributed by atoms with Gasteiger partial charge in [-0.25, -0.2) is 8.42 Å². The van der Waals surface area contributed by atoms with Gasteiger partial charge in [0.25, 0.3) is 0 Å². The Labute approximate surface area is 238 Å². The number of rotatable bonds is 11. The van der Waals surface area contributed by atoms with Crippen LogP contribution in [0.1, 0.15) is 28.8 Å². The van der Waals surface area contributed by atoms with Crippen LogP contribution in [0.5, 0.6) is 11.5 Å². The van der Waals surface area contributed by atoms with Gasteiger partial charge in [0.15, 0.2) is 11.5 Å². The number of hydrogen-bond donors (Lipinski definition) is 0. The predicted octanol–water partition coefficient (Wildman–Crippen LogP) is 4.75. The molecule has 1 saturated heterocycles. The molecule has 0 bridgehead atoms. The lowest BCUT2D eigenvalue weighted by Crippen LogP contribution is -2.45. The van der Waals surface area contributed by atoms with Crippen LogP contribution in [-0.2, 0) is 27.9 Å². The average molecular weight is 590 g/mol. The summed E-state index contributed by atoms with van der Waals surface area (Å²) in [5, 5.41) is 2.45. The largest absolute Gasteiger partial charge is 0.454 e. The van der Waals surface area contributed by atoms with Crippen molar-refractivity contribution >= 4 is 38.9 Å². The number of aryl methyl sites for hydroxylation is 1. The van der Waals surface area contributed by atoms with E-state index in [1.807, 2.05) is 36.6 Å². The lowest BCUT2D eigenvalue weighted by Gasteiger charge is -2.28. The molecule has 0 unspecified atom stereocenters. The van der Waals surface area contributed by atoms with Gasteiger partial charge < -0.3 is 19.3 Å². The molecule has 1 amide bonds. The molecule has 1 fully saturated rings. The highest BCUT2D eigenvalue weighted by atomic mass is 35.5. The minimum atomic E-state index is -3.92. The van der Waals surface area contributed by atoms with Crippen molar-refractivity contribution in [3.8, 4) is 11.5 Å². The number of benzene rings is 2. The summed E-state index contributed by atoms with van der Waals surface area (Å²) >= 11 is 7.60. The number of thiophene rings is 1. The standard InChI is InChI=1S/C28H32ClN3O5S2/c1-21-10-15-38-27(21)18-31(17-22-4-9-25-26(16-22)37-20-36-25)28(33)19-32(14-13-30-11-2-3-12-30)39(34,35)24-7-5-23(29)6-8-24/h4-10,15-16H,2-3,11-14,17-20H2,1H3. The number of amides is 1. The van der Waals surface area contributed by atoms with Gasteiger partial charge in [-0.1, -0.05) is 17.7 Å². The number of likely N-dealkylation sites (tertiary alicyclic amines) is 1. The zero-order valence-electron chi connectivity index (χ0n) is 21.8. The van der Waals surface area contributed by atoms with E-state index in [0.717, 1.165) is 41.9 Å². The summed E-state index contributed by atoms with van der Waals surface area (Å²) in [5.41, 5.74) is 1.98. The molecule has 208 valence electrons. The minimum absolute atomic E-state index is 0.123. The van der Waals surface area contributed by atoms with Crippen LogP contribution in [0.25, 0.3) is 0 Å². The molecule has 0 atom stereocenters. The summed E-state index contributed by atoms with van der Waals surface area (Å²) in [6.07, 6.45) is 2.21. The molecule has 2 aliphatic heterocycles. The maximum absolute atomic E-state index is 13.9. The Balaban J connectivity index is 1.40. The number of hydrogen-bond acceptors (Lipinski definition) is 7. The van der Waals surface area contributed by atoms with Crippen LogP contribution in [0.2, 0.25) is 5.02 Å². The van der Waals surface area contributed by atoms with E-state index in [4.69, 9.17) is 21.1 Å². The van der Waals surface area contributed by atoms with Gasteiger partial charge in [0.05, 0.1) is 18.0 Å². The van der Waals surface area contributed by atoms with E-state index < -0.39 is 10.0 Å². The van der Waals surface area contributed by atoms with Gasteiger partial charge in [-0.05, 0) is 91.8 Å². The zero-order chi connectivity index (χ0) is 27.4. The van der Waals surface area contributed by atoms with Crippen LogP contribution in [0.4, 0.5) is 0 Å². The summed E-state index contributed by atoms with van der Waals surface area (Å²) in [6, 6.07) is 13.7. The predicted molar refractivity (Wildman–Crippen MR) is 152 cm³/mol. The molecule has 0 spiro atoms. The Kier molecular flexibility index (Phi) is 8.78. The molecule has 0 N–H and O–H groups in total. The first-order chi connectivity index (χ1) is 18.8. The van der Waals surface area contributed by atoms with E-state index in [0.29, 0.717) is 36.2 Å². The second kappa shape index (κ2) is 12.3. The van der Waals surface area contributed by atoms with Gasteiger partial charge in [-0.2, -0.15) is 4.31 Å². The summed E-state index contributed by atoms with van der Waals surface area (Å²) in [5.74, 6) is 1.05. The maximum Gasteiger partial charge on any atom is 0.243 e. The Morgan fingerprint density at radius 2 is 1.77 bits per heavy atom. The summed E-state index contributed by atoms with van der Waals surface area (Å²) in [4.78, 5) is 19.0. The van der Waals surface area contributed by atoms with Crippen molar-refractivity contribution in [1.29, 1.82) is 0 Å². The van der Waals surface area contributed by atoms with E-state index in [1.54, 1.807) is 28.4 Å². The molecular formula is C28H32ClN3O5S2. The van der Waals surface area contributed by atoms with Gasteiger partial charge >= 0.3 is 0 Å². The Morgan fingerprint density at radius 3 is 2.49 bits per heavy atom. The number of halogens is 1. The fourth-order valence-electron chi connectivity index (χ4n) is 4.78. The first kappa shape index (κ1) is 27.9. The minimum Gasteiger partial charge on any atom is -0.454 e. The molecule has 3 heterocycles. The number of carbonyl (C=O) groups excluding carboxylic acids is 1. The van der Waals surface area contributed by atoms with Gasteiger partial charge in [0.2, 0.25) is 22.7 Å². The van der Waals surface area contributed by atoms with Gasteiger partial charge in [-0.3, -0.25) is 4.79 Å². The van der Waals surface area contributed by atoms with Crippen molar-refractivity contribution in [2.75, 3.05) is 39.5 Å². The van der Waals surface area contributed by atoms with Gasteiger partial charge in [0, 0.05) is 29.5 Å². The normalized spacial score (nSPS) is 15.3. The molecule has 39 heavy (non-hydrogen) atoms. The van der Waals surface area contributed by atoms with Crippen LogP contribution in [-0.4, -0.2) is 67.9 Å². The molecule has 3 aromatic rings. The molecule has 11 heteroatoms. The zero-order valence-corrected chi connectivity index (χ0v) is 24.2. The van der Waals surface area contributed by atoms with E-state index in [1.165, 1.54) is 16.4 Å². The molecule has 0 aliphatic carbocycles. The second-order valence-electron chi connectivity index (χ2n) is 9.81. The Morgan fingerprint density at radius 1 is 1.03 bits per heavy atom. The SMILES string of the molecule is Cc1ccsc1CN(Cc1ccc2c(c1)OCO2)C(=O)CN(CCN1CCCC1)S(=O)(=O)c1ccc(Cl)cc1. The molecule has 8 nitrogen and oxygen atoms in total. The molecular weight excluding hydrogens is 558 g/mol. The van der Waals surface area contributed by atoms with Crippen molar-refractivity contribution in [3.05, 3.63) is 74.9 Å². The highest BCUT2D eigenvalue weighted by Crippen LogP contribution is 2.33. The van der Waals surface area contributed by atoms with Crippen LogP contribution in [0, 0.1) is 6.92 Å². The topological polar surface area (TPSA) is 79.4 Å². The van der Waals surface area contributed by atoms with Crippen molar-refractivity contribution in [1.82, 2.24) is 14.1 Å². The lowest BCUT2D eigenvalue weighted by atomic mass is 10.1. The molecule has 2 aliphatic rings. The average Bonchev–Trinajstić information content (AvgIpc) is 3.69. The summed E-state index contributed by atoms with van der Waals surface area (Å²) in [6.45, 7) is 5.32. The highest BCUT2D eigenvalue weighted by molar-refractivity contribution is 7.89. The van der Waals surface area contributed by atoms with Crippen molar-refractivity contribution < 1.29 is 22.7 Å². The van der Waals surface area contributed by atoms with Crippen LogP contribution in [0.3, 0.4) is 0 Å². The fourth-order valence-corrected chi connectivity index (χ4v) is 7.21. The maximum atomic E-state index is 13.9. The van der Waals surface area contributed by atoms with Crippen LogP contribution < -0.4 is 9.47 Å². The first-order valence-corrected chi connectivity index (χ1v) is 15.7. The molecule has 1 aromatic heterocycles. The van der Waals surface area contributed by atoms with Crippen molar-refractivity contribution in [2.45, 2.75) is 37.8 Å². The lowest BCUT2D eigenvalue weighted by molar-refractivity contribution is -0.132. The summed E-state index contributed by atoms with van der Waals surface area (Å²) < 4.78 is 39.7. The van der Waals surface area contributed by atoms with E-state index in [9.17, 15) is 13.2 Å². The number of nitrogens with zero attached hydrogens (tertiary/aromatic N) is 3. The summed E-state index contributed by atoms with van der Waals surface area (Å²) in [7, 11) is -3.92. The van der Waals surface area contributed by atoms with Crippen molar-refractivity contribution in [3.63, 3.8) is 0 Å². The van der Waals surface area contributed by atoms with Crippen LogP contribution >= 0.6 is 22.9 Å². The third-order valence-corrected chi connectivity index (χ3v) is 10.2. The number of ether oxygens (including phenoxy) is 2. The quantitative estimate of drug-likeness (QED) is 0.321. The first-order valence-electron chi connectivity index (χ1n) is 13.0. The third kappa shape index (κ3) is 6.75. The smallest absolute Gasteiger partial charge is 0.243 e. The molecule has 2 aromatic carbocycles. The van der Waals surface area contributed by atoms with E-state index in [-0.39, 0.29) is 30.7 Å². The number of sulfonamides is 1. The van der Waals surface area contributed by atoms with Gasteiger partial charge in [-0.15, -0.1) is 11.3 Å². The third-order valence-electron chi connectivity index (χ3n) is 7.09. The Hall–Kier alpha value is -2.63. The molecule has 0 saturated carbocycles. The monoisotopic (exact) mass is 589 g/mol. The van der Waals surface area contributed by atoms with Crippen molar-refractivity contribution in [2.24, 2.45) is 0 Å². The fraction of sp³-hybridized carbons (Fsp3) is 0.393. The number of fused-ring (bicyclic) bond motifs is 1. The number of carbonyl (C=O) groups is 1. The van der Waals surface area contributed by atoms with E-state index in [2.05, 4.69) is 4.90 Å². The van der Waals surface area contributed by atoms with Gasteiger partial charge in [0.1, 0.15) is 0 Å². The second-order valence-corrected chi connectivity index (χ2v) is 13.2. The van der Waals surface area contributed by atoms with E-state index >= 15 is 0 Å². The Bertz CT molecular complexity index is 1400. The van der Waals surface area contributed by atoms with Crippen LogP contribution in [0.15, 0.2) is 58.8 Å². The molecule has 0 radical (unpaired) electrons.